The fraction of sp³-hybridized carbons (Fsp3) is 0.0909. The van der Waals surface area contributed by atoms with Crippen molar-refractivity contribution in [2.75, 3.05) is 5.73 Å². The van der Waals surface area contributed by atoms with Crippen LogP contribution in [-0.2, 0) is 0 Å². The zero-order valence-electron chi connectivity index (χ0n) is 9.60. The molecule has 0 unspecified atom stereocenters. The molecule has 1 aromatic carbocycles. The number of nitrogen functional groups attached to an aromatic ring is 1. The Balaban J connectivity index is 2.38. The predicted octanol–water partition coefficient (Wildman–Crippen LogP) is 2.74. The van der Waals surface area contributed by atoms with Gasteiger partial charge in [0.25, 0.3) is 5.56 Å². The standard InChI is InChI=1S/C11H11N5OS/c1-6-2-4-7(5-3-6)15-16-8-9(12)13-11(18)14-10(8)17/h2-5H,1H3,(H4,12,13,14,17,18). The molecule has 0 saturated heterocycles. The summed E-state index contributed by atoms with van der Waals surface area (Å²) in [5, 5.41) is 7.76. The summed E-state index contributed by atoms with van der Waals surface area (Å²) in [4.78, 5) is 16.6. The van der Waals surface area contributed by atoms with E-state index in [-0.39, 0.29) is 16.3 Å². The van der Waals surface area contributed by atoms with Gasteiger partial charge in [0.1, 0.15) is 5.82 Å². The number of aromatic amines is 2. The minimum absolute atomic E-state index is 0.0178. The summed E-state index contributed by atoms with van der Waals surface area (Å²) < 4.78 is 0.159. The van der Waals surface area contributed by atoms with Crippen molar-refractivity contribution in [3.05, 3.63) is 45.0 Å². The van der Waals surface area contributed by atoms with Gasteiger partial charge in [-0.25, -0.2) is 0 Å². The van der Waals surface area contributed by atoms with E-state index in [0.29, 0.717) is 5.69 Å². The fourth-order valence-electron chi connectivity index (χ4n) is 1.32. The molecule has 1 aromatic heterocycles. The van der Waals surface area contributed by atoms with Crippen molar-refractivity contribution >= 4 is 29.4 Å². The van der Waals surface area contributed by atoms with Crippen molar-refractivity contribution in [3.8, 4) is 0 Å². The number of H-pyrrole nitrogens is 2. The number of aryl methyl sites for hydroxylation is 1. The minimum Gasteiger partial charge on any atom is -0.383 e. The van der Waals surface area contributed by atoms with Crippen molar-refractivity contribution in [2.24, 2.45) is 10.2 Å². The molecule has 0 radical (unpaired) electrons. The van der Waals surface area contributed by atoms with Crippen LogP contribution in [0.5, 0.6) is 0 Å². The summed E-state index contributed by atoms with van der Waals surface area (Å²) in [5.41, 5.74) is 6.93. The van der Waals surface area contributed by atoms with E-state index in [0.717, 1.165) is 5.56 Å². The molecule has 0 bridgehead atoms. The topological polar surface area (TPSA) is 99.4 Å². The van der Waals surface area contributed by atoms with Gasteiger partial charge in [0.05, 0.1) is 5.69 Å². The van der Waals surface area contributed by atoms with E-state index in [1.807, 2.05) is 19.1 Å². The van der Waals surface area contributed by atoms with Crippen LogP contribution >= 0.6 is 12.2 Å². The van der Waals surface area contributed by atoms with Gasteiger partial charge in [-0.15, -0.1) is 5.11 Å². The second-order valence-corrected chi connectivity index (χ2v) is 4.11. The Labute approximate surface area is 108 Å². The Kier molecular flexibility index (Phi) is 3.33. The molecule has 7 heteroatoms. The molecule has 0 amide bonds. The van der Waals surface area contributed by atoms with Crippen LogP contribution in [0.2, 0.25) is 0 Å². The van der Waals surface area contributed by atoms with Crippen LogP contribution in [0.25, 0.3) is 0 Å². The first-order valence-corrected chi connectivity index (χ1v) is 5.57. The molecule has 2 rings (SSSR count). The quantitative estimate of drug-likeness (QED) is 0.572. The van der Waals surface area contributed by atoms with Crippen LogP contribution < -0.4 is 11.3 Å². The number of aromatic nitrogens is 2. The first-order chi connectivity index (χ1) is 8.56. The van der Waals surface area contributed by atoms with Gasteiger partial charge in [0.2, 0.25) is 0 Å². The van der Waals surface area contributed by atoms with Gasteiger partial charge < -0.3 is 10.7 Å². The number of azo groups is 1. The number of nitrogens with two attached hydrogens (primary N) is 1. The number of hydrogen-bond acceptors (Lipinski definition) is 5. The van der Waals surface area contributed by atoms with Gasteiger partial charge in [-0.05, 0) is 31.3 Å². The van der Waals surface area contributed by atoms with E-state index in [9.17, 15) is 4.79 Å². The summed E-state index contributed by atoms with van der Waals surface area (Å²) in [6.45, 7) is 1.97. The van der Waals surface area contributed by atoms with Crippen LogP contribution in [0.3, 0.4) is 0 Å². The first-order valence-electron chi connectivity index (χ1n) is 5.17. The van der Waals surface area contributed by atoms with Crippen LogP contribution in [0, 0.1) is 11.7 Å². The van der Waals surface area contributed by atoms with Crippen LogP contribution in [0.1, 0.15) is 5.56 Å². The molecule has 0 fully saturated rings. The van der Waals surface area contributed by atoms with Gasteiger partial charge in [0.15, 0.2) is 10.5 Å². The number of hydrogen-bond donors (Lipinski definition) is 3. The number of nitrogens with zero attached hydrogens (tertiary/aromatic N) is 2. The van der Waals surface area contributed by atoms with Crippen LogP contribution in [-0.4, -0.2) is 9.97 Å². The number of rotatable bonds is 2. The average Bonchev–Trinajstić information content (AvgIpc) is 2.30. The number of benzene rings is 1. The molecule has 92 valence electrons. The molecule has 0 spiro atoms. The highest BCUT2D eigenvalue weighted by Gasteiger charge is 2.03. The zero-order chi connectivity index (χ0) is 13.1. The van der Waals surface area contributed by atoms with Crippen LogP contribution in [0.4, 0.5) is 17.2 Å². The predicted molar refractivity (Wildman–Crippen MR) is 72.0 cm³/mol. The Morgan fingerprint density at radius 2 is 1.83 bits per heavy atom. The maximum Gasteiger partial charge on any atom is 0.281 e. The van der Waals surface area contributed by atoms with Crippen molar-refractivity contribution in [1.29, 1.82) is 0 Å². The lowest BCUT2D eigenvalue weighted by Crippen LogP contribution is -2.09. The largest absolute Gasteiger partial charge is 0.383 e. The summed E-state index contributed by atoms with van der Waals surface area (Å²) >= 11 is 4.78. The monoisotopic (exact) mass is 261 g/mol. The lowest BCUT2D eigenvalue weighted by Gasteiger charge is -1.97. The second-order valence-electron chi connectivity index (χ2n) is 3.71. The molecule has 0 saturated carbocycles. The van der Waals surface area contributed by atoms with Crippen molar-refractivity contribution in [2.45, 2.75) is 6.92 Å². The second kappa shape index (κ2) is 4.92. The maximum atomic E-state index is 11.6. The Bertz CT molecular complexity index is 699. The normalized spacial score (nSPS) is 10.9. The van der Waals surface area contributed by atoms with Crippen molar-refractivity contribution < 1.29 is 0 Å². The molecule has 18 heavy (non-hydrogen) atoms. The summed E-state index contributed by atoms with van der Waals surface area (Å²) in [7, 11) is 0. The molecule has 1 heterocycles. The third-order valence-electron chi connectivity index (χ3n) is 2.24. The highest BCUT2D eigenvalue weighted by molar-refractivity contribution is 7.71. The highest BCUT2D eigenvalue weighted by Crippen LogP contribution is 2.18. The fourth-order valence-corrected chi connectivity index (χ4v) is 1.52. The molecule has 0 aliphatic carbocycles. The molecular formula is C11H11N5OS. The summed E-state index contributed by atoms with van der Waals surface area (Å²) in [6, 6.07) is 7.41. The lowest BCUT2D eigenvalue weighted by atomic mass is 10.2. The lowest BCUT2D eigenvalue weighted by molar-refractivity contribution is 1.07. The molecule has 0 aliphatic rings. The van der Waals surface area contributed by atoms with Crippen molar-refractivity contribution in [1.82, 2.24) is 9.97 Å². The average molecular weight is 261 g/mol. The summed E-state index contributed by atoms with van der Waals surface area (Å²) in [6.07, 6.45) is 0. The molecule has 0 aliphatic heterocycles. The van der Waals surface area contributed by atoms with E-state index < -0.39 is 5.56 Å². The summed E-state index contributed by atoms with van der Waals surface area (Å²) in [5.74, 6) is 0.0969. The molecular weight excluding hydrogens is 250 g/mol. The van der Waals surface area contributed by atoms with E-state index in [1.54, 1.807) is 12.1 Å². The SMILES string of the molecule is Cc1ccc(N=Nc2c(N)[nH]c(=S)[nH]c2=O)cc1. The van der Waals surface area contributed by atoms with Gasteiger partial charge in [0, 0.05) is 0 Å². The number of anilines is 1. The third-order valence-corrected chi connectivity index (χ3v) is 2.45. The number of nitrogens with one attached hydrogen (secondary N) is 2. The van der Waals surface area contributed by atoms with Crippen LogP contribution in [0.15, 0.2) is 39.3 Å². The molecule has 0 atom stereocenters. The van der Waals surface area contributed by atoms with Gasteiger partial charge >= 0.3 is 0 Å². The minimum atomic E-state index is -0.466. The van der Waals surface area contributed by atoms with E-state index in [4.69, 9.17) is 18.0 Å². The molecule has 6 nitrogen and oxygen atoms in total. The first kappa shape index (κ1) is 12.2. The third kappa shape index (κ3) is 2.69. The van der Waals surface area contributed by atoms with Gasteiger partial charge in [-0.1, -0.05) is 17.7 Å². The van der Waals surface area contributed by atoms with Gasteiger partial charge in [-0.3, -0.25) is 9.78 Å². The van der Waals surface area contributed by atoms with E-state index in [1.165, 1.54) is 0 Å². The molecule has 2 aromatic rings. The maximum absolute atomic E-state index is 11.6. The zero-order valence-corrected chi connectivity index (χ0v) is 10.4. The van der Waals surface area contributed by atoms with E-state index in [2.05, 4.69) is 20.2 Å². The van der Waals surface area contributed by atoms with Gasteiger partial charge in [-0.2, -0.15) is 5.11 Å². The Hall–Kier alpha value is -2.28. The highest BCUT2D eigenvalue weighted by atomic mass is 32.1. The Morgan fingerprint density at radius 1 is 1.17 bits per heavy atom. The smallest absolute Gasteiger partial charge is 0.281 e. The Morgan fingerprint density at radius 3 is 2.44 bits per heavy atom. The van der Waals surface area contributed by atoms with Crippen molar-refractivity contribution in [3.63, 3.8) is 0 Å². The molecule has 4 N–H and O–H groups in total. The van der Waals surface area contributed by atoms with E-state index >= 15 is 0 Å².